The molecule has 3 rings (SSSR count). The topological polar surface area (TPSA) is 59.8 Å². The van der Waals surface area contributed by atoms with Gasteiger partial charge in [-0.25, -0.2) is 9.97 Å². The number of carbonyl (C=O) groups excluding carboxylic acids is 1. The molecular weight excluding hydrogens is 308 g/mol. The average molecular weight is 326 g/mol. The van der Waals surface area contributed by atoms with Crippen molar-refractivity contribution in [2.75, 3.05) is 0 Å². The maximum atomic E-state index is 12.2. The lowest BCUT2D eigenvalue weighted by molar-refractivity contribution is 0.0946. The Labute approximate surface area is 139 Å². The normalized spacial score (nSPS) is 10.7. The van der Waals surface area contributed by atoms with E-state index in [1.165, 1.54) is 5.56 Å². The molecule has 2 aromatic heterocycles. The van der Waals surface area contributed by atoms with Crippen molar-refractivity contribution in [3.8, 4) is 5.69 Å². The van der Waals surface area contributed by atoms with Crippen molar-refractivity contribution >= 4 is 17.2 Å². The summed E-state index contributed by atoms with van der Waals surface area (Å²) in [6, 6.07) is 8.06. The number of benzene rings is 1. The van der Waals surface area contributed by atoms with E-state index in [4.69, 9.17) is 0 Å². The summed E-state index contributed by atoms with van der Waals surface area (Å²) in [5.74, 6) is -0.193. The first-order valence-electron chi connectivity index (χ1n) is 7.48. The van der Waals surface area contributed by atoms with Crippen LogP contribution in [0.1, 0.15) is 33.7 Å². The summed E-state index contributed by atoms with van der Waals surface area (Å²) in [6.07, 6.45) is 4.30. The summed E-state index contributed by atoms with van der Waals surface area (Å²) in [4.78, 5) is 20.8. The summed E-state index contributed by atoms with van der Waals surface area (Å²) in [5.41, 5.74) is 3.46. The lowest BCUT2D eigenvalue weighted by Crippen LogP contribution is -2.23. The third-order valence-electron chi connectivity index (χ3n) is 3.48. The monoisotopic (exact) mass is 326 g/mol. The van der Waals surface area contributed by atoms with E-state index in [2.05, 4.69) is 22.2 Å². The van der Waals surface area contributed by atoms with Crippen LogP contribution in [-0.2, 0) is 13.0 Å². The van der Waals surface area contributed by atoms with E-state index in [0.29, 0.717) is 12.2 Å². The number of imidazole rings is 1. The number of hydrogen-bond donors (Lipinski definition) is 1. The van der Waals surface area contributed by atoms with Crippen LogP contribution in [0.15, 0.2) is 42.2 Å². The fourth-order valence-corrected chi connectivity index (χ4v) is 2.90. The van der Waals surface area contributed by atoms with Crippen molar-refractivity contribution in [1.82, 2.24) is 19.9 Å². The second kappa shape index (κ2) is 6.75. The van der Waals surface area contributed by atoms with E-state index in [-0.39, 0.29) is 5.91 Å². The minimum atomic E-state index is -0.193. The van der Waals surface area contributed by atoms with Crippen LogP contribution < -0.4 is 5.32 Å². The zero-order valence-electron chi connectivity index (χ0n) is 13.1. The molecule has 0 radical (unpaired) electrons. The first-order chi connectivity index (χ1) is 11.2. The molecule has 0 aliphatic carbocycles. The van der Waals surface area contributed by atoms with Gasteiger partial charge in [0.15, 0.2) is 0 Å². The van der Waals surface area contributed by atoms with Gasteiger partial charge >= 0.3 is 0 Å². The van der Waals surface area contributed by atoms with Gasteiger partial charge in [0.05, 0.1) is 17.2 Å². The molecule has 0 saturated carbocycles. The highest BCUT2D eigenvalue weighted by molar-refractivity contribution is 7.09. The van der Waals surface area contributed by atoms with Gasteiger partial charge in [-0.3, -0.25) is 4.79 Å². The Hall–Kier alpha value is -2.47. The number of thiazole rings is 1. The minimum absolute atomic E-state index is 0.193. The molecule has 118 valence electrons. The van der Waals surface area contributed by atoms with E-state index in [1.807, 2.05) is 41.1 Å². The molecular formula is C17H18N4OS. The molecule has 23 heavy (non-hydrogen) atoms. The largest absolute Gasteiger partial charge is 0.345 e. The van der Waals surface area contributed by atoms with Gasteiger partial charge in [-0.05, 0) is 25.5 Å². The lowest BCUT2D eigenvalue weighted by Gasteiger charge is -2.02. The highest BCUT2D eigenvalue weighted by atomic mass is 32.1. The third kappa shape index (κ3) is 3.65. The predicted octanol–water partition coefficient (Wildman–Crippen LogP) is 3.13. The molecule has 0 atom stereocenters. The van der Waals surface area contributed by atoms with Gasteiger partial charge < -0.3 is 9.88 Å². The molecule has 0 saturated heterocycles. The number of aryl methyl sites for hydroxylation is 2. The van der Waals surface area contributed by atoms with Crippen molar-refractivity contribution in [3.05, 3.63) is 64.1 Å². The van der Waals surface area contributed by atoms with Crippen LogP contribution in [0.25, 0.3) is 5.69 Å². The van der Waals surface area contributed by atoms with Gasteiger partial charge in [0.2, 0.25) is 0 Å². The van der Waals surface area contributed by atoms with E-state index < -0.39 is 0 Å². The third-order valence-corrected chi connectivity index (χ3v) is 4.52. The van der Waals surface area contributed by atoms with Crippen LogP contribution >= 0.6 is 11.3 Å². The highest BCUT2D eigenvalue weighted by Crippen LogP contribution is 2.11. The summed E-state index contributed by atoms with van der Waals surface area (Å²) >= 11 is 1.62. The van der Waals surface area contributed by atoms with Crippen LogP contribution in [0.4, 0.5) is 0 Å². The van der Waals surface area contributed by atoms with Crippen LogP contribution in [-0.4, -0.2) is 20.4 Å². The lowest BCUT2D eigenvalue weighted by atomic mass is 10.2. The standard InChI is InChI=1S/C17H18N4OS/c1-3-16-20-13(10-23-16)8-18-17(22)15-9-21(11-19-15)14-6-4-12(2)5-7-14/h4-7,9-11H,3,8H2,1-2H3,(H,18,22). The van der Waals surface area contributed by atoms with Crippen LogP contribution in [0.2, 0.25) is 0 Å². The van der Waals surface area contributed by atoms with Crippen LogP contribution in [0, 0.1) is 6.92 Å². The van der Waals surface area contributed by atoms with E-state index in [9.17, 15) is 4.79 Å². The Kier molecular flexibility index (Phi) is 4.52. The SMILES string of the molecule is CCc1nc(CNC(=O)c2cn(-c3ccc(C)cc3)cn2)cs1. The fraction of sp³-hybridized carbons (Fsp3) is 0.235. The van der Waals surface area contributed by atoms with E-state index in [0.717, 1.165) is 22.8 Å². The second-order valence-electron chi connectivity index (χ2n) is 5.27. The molecule has 1 amide bonds. The molecule has 5 nitrogen and oxygen atoms in total. The zero-order chi connectivity index (χ0) is 16.2. The molecule has 6 heteroatoms. The second-order valence-corrected chi connectivity index (χ2v) is 6.21. The summed E-state index contributed by atoms with van der Waals surface area (Å²) in [6.45, 7) is 4.53. The summed E-state index contributed by atoms with van der Waals surface area (Å²) in [7, 11) is 0. The number of nitrogens with one attached hydrogen (secondary N) is 1. The van der Waals surface area contributed by atoms with E-state index in [1.54, 1.807) is 23.9 Å². The first kappa shape index (κ1) is 15.4. The number of amides is 1. The fourth-order valence-electron chi connectivity index (χ4n) is 2.15. The van der Waals surface area contributed by atoms with Gasteiger partial charge in [0.25, 0.3) is 5.91 Å². The predicted molar refractivity (Wildman–Crippen MR) is 91.0 cm³/mol. The first-order valence-corrected chi connectivity index (χ1v) is 8.36. The van der Waals surface area contributed by atoms with Gasteiger partial charge in [-0.1, -0.05) is 24.6 Å². The van der Waals surface area contributed by atoms with Gasteiger partial charge in [-0.15, -0.1) is 11.3 Å². The van der Waals surface area contributed by atoms with Crippen molar-refractivity contribution in [2.45, 2.75) is 26.8 Å². The molecule has 0 spiro atoms. The molecule has 0 unspecified atom stereocenters. The Bertz CT molecular complexity index is 804. The molecule has 0 aliphatic rings. The van der Waals surface area contributed by atoms with E-state index >= 15 is 0 Å². The maximum absolute atomic E-state index is 12.2. The molecule has 3 aromatic rings. The van der Waals surface area contributed by atoms with Crippen LogP contribution in [0.3, 0.4) is 0 Å². The maximum Gasteiger partial charge on any atom is 0.271 e. The Morgan fingerprint density at radius 1 is 1.30 bits per heavy atom. The average Bonchev–Trinajstić information content (AvgIpc) is 3.22. The van der Waals surface area contributed by atoms with Crippen molar-refractivity contribution < 1.29 is 4.79 Å². The molecule has 0 fully saturated rings. The van der Waals surface area contributed by atoms with Crippen molar-refractivity contribution in [1.29, 1.82) is 0 Å². The number of rotatable bonds is 5. The Morgan fingerprint density at radius 3 is 2.78 bits per heavy atom. The quantitative estimate of drug-likeness (QED) is 0.783. The number of hydrogen-bond acceptors (Lipinski definition) is 4. The van der Waals surface area contributed by atoms with Gasteiger partial charge in [-0.2, -0.15) is 0 Å². The Morgan fingerprint density at radius 2 is 2.09 bits per heavy atom. The minimum Gasteiger partial charge on any atom is -0.345 e. The molecule has 1 N–H and O–H groups in total. The van der Waals surface area contributed by atoms with Crippen LogP contribution in [0.5, 0.6) is 0 Å². The smallest absolute Gasteiger partial charge is 0.271 e. The Balaban J connectivity index is 1.65. The highest BCUT2D eigenvalue weighted by Gasteiger charge is 2.10. The summed E-state index contributed by atoms with van der Waals surface area (Å²) in [5, 5.41) is 5.91. The van der Waals surface area contributed by atoms with Gasteiger partial charge in [0, 0.05) is 17.3 Å². The van der Waals surface area contributed by atoms with Crippen molar-refractivity contribution in [3.63, 3.8) is 0 Å². The van der Waals surface area contributed by atoms with Crippen molar-refractivity contribution in [2.24, 2.45) is 0 Å². The molecule has 1 aromatic carbocycles. The summed E-state index contributed by atoms with van der Waals surface area (Å²) < 4.78 is 1.84. The number of nitrogens with zero attached hydrogens (tertiary/aromatic N) is 3. The zero-order valence-corrected chi connectivity index (χ0v) is 13.9. The number of aromatic nitrogens is 3. The number of carbonyl (C=O) groups is 1. The van der Waals surface area contributed by atoms with Gasteiger partial charge in [0.1, 0.15) is 12.0 Å². The molecule has 2 heterocycles. The molecule has 0 bridgehead atoms. The molecule has 0 aliphatic heterocycles.